The van der Waals surface area contributed by atoms with E-state index in [1.807, 2.05) is 20.8 Å². The van der Waals surface area contributed by atoms with Crippen molar-refractivity contribution in [1.82, 2.24) is 0 Å². The molecule has 4 aliphatic carbocycles. The molecule has 0 amide bonds. The summed E-state index contributed by atoms with van der Waals surface area (Å²) in [6, 6.07) is 0. The van der Waals surface area contributed by atoms with Crippen LogP contribution < -0.4 is 0 Å². The Labute approximate surface area is 257 Å². The van der Waals surface area contributed by atoms with Gasteiger partial charge in [0.25, 0.3) is 0 Å². The third kappa shape index (κ3) is 5.24. The number of allylic oxidation sites excluding steroid dienone is 1. The molecule has 4 rings (SSSR count). The molecule has 8 heteroatoms. The highest BCUT2D eigenvalue weighted by molar-refractivity contribution is 5.87. The molecule has 1 spiro atoms. The van der Waals surface area contributed by atoms with E-state index in [0.717, 1.165) is 19.3 Å². The van der Waals surface area contributed by atoms with Crippen LogP contribution in [0, 0.1) is 28.6 Å². The summed E-state index contributed by atoms with van der Waals surface area (Å²) >= 11 is 0. The van der Waals surface area contributed by atoms with Gasteiger partial charge in [-0.25, -0.2) is 4.79 Å². The summed E-state index contributed by atoms with van der Waals surface area (Å²) in [7, 11) is 0. The van der Waals surface area contributed by atoms with E-state index in [1.54, 1.807) is 39.0 Å². The van der Waals surface area contributed by atoms with E-state index < -0.39 is 58.1 Å². The third-order valence-corrected chi connectivity index (χ3v) is 11.5. The minimum atomic E-state index is -2.18. The Balaban J connectivity index is 1.67. The Morgan fingerprint density at radius 1 is 1.05 bits per heavy atom. The van der Waals surface area contributed by atoms with Crippen LogP contribution in [-0.4, -0.2) is 68.5 Å². The molecule has 4 N–H and O–H groups in total. The monoisotopic (exact) mass is 602 g/mol. The normalized spacial score (nSPS) is 39.5. The van der Waals surface area contributed by atoms with Crippen molar-refractivity contribution in [2.45, 2.75) is 136 Å². The van der Waals surface area contributed by atoms with Crippen LogP contribution in [0.15, 0.2) is 34.9 Å². The molecule has 0 aromatic heterocycles. The van der Waals surface area contributed by atoms with Crippen molar-refractivity contribution in [1.29, 1.82) is 0 Å². The number of carbonyl (C=O) groups is 2. The SMILES string of the molecule is C/C=C(\C)C(=O)OCC1=C[C@@H]2C(O)C3(C=C(C)[C@H](O)[C@@]3(O)[C@@H]1O)C(C)C[C@]1(OC(=O)CCCCCCCCC)[C@H]2C1(C)C. The third-order valence-electron chi connectivity index (χ3n) is 11.5. The van der Waals surface area contributed by atoms with E-state index in [4.69, 9.17) is 9.47 Å². The quantitative estimate of drug-likeness (QED) is 0.107. The van der Waals surface area contributed by atoms with Crippen LogP contribution >= 0.6 is 0 Å². The molecule has 43 heavy (non-hydrogen) atoms. The van der Waals surface area contributed by atoms with Crippen LogP contribution in [-0.2, 0) is 19.1 Å². The Hall–Kier alpha value is -2.00. The molecule has 4 aliphatic rings. The number of hydrogen-bond acceptors (Lipinski definition) is 8. The molecule has 2 fully saturated rings. The lowest BCUT2D eigenvalue weighted by atomic mass is 9.58. The summed E-state index contributed by atoms with van der Waals surface area (Å²) in [4.78, 5) is 25.8. The van der Waals surface area contributed by atoms with E-state index in [9.17, 15) is 30.0 Å². The van der Waals surface area contributed by atoms with Gasteiger partial charge in [0.2, 0.25) is 0 Å². The lowest BCUT2D eigenvalue weighted by Gasteiger charge is -2.51. The molecule has 0 aromatic carbocycles. The van der Waals surface area contributed by atoms with Crippen molar-refractivity contribution >= 4 is 11.9 Å². The molecule has 9 atom stereocenters. The van der Waals surface area contributed by atoms with Crippen LogP contribution in [0.1, 0.15) is 106 Å². The zero-order valence-electron chi connectivity index (χ0n) is 27.2. The average Bonchev–Trinajstić information content (AvgIpc) is 3.37. The van der Waals surface area contributed by atoms with Crippen LogP contribution in [0.5, 0.6) is 0 Å². The molecule has 0 radical (unpaired) electrons. The molecule has 0 heterocycles. The molecule has 0 aromatic rings. The standard InChI is InChI=1S/C35H54O8/c1-8-10-11-12-13-14-15-16-26(36)43-34-19-23(5)33-18-22(4)28(37)35(33,41)29(38)24(20-42-31(40)21(3)9-2)17-25(30(33)39)27(34)32(34,6)7/h9,17-18,23,25,27-30,37-39,41H,8,10-16,19-20H2,1-7H3/b21-9+/t23?,25-,27+,28-,29+,30?,33?,34-,35+/m0/s1. The van der Waals surface area contributed by atoms with Crippen LogP contribution in [0.25, 0.3) is 0 Å². The maximum atomic E-state index is 13.3. The van der Waals surface area contributed by atoms with E-state index in [1.165, 1.54) is 25.7 Å². The molecular weight excluding hydrogens is 548 g/mol. The van der Waals surface area contributed by atoms with E-state index in [0.29, 0.717) is 24.0 Å². The molecule has 3 unspecified atom stereocenters. The van der Waals surface area contributed by atoms with Crippen molar-refractivity contribution in [3.63, 3.8) is 0 Å². The first-order valence-electron chi connectivity index (χ1n) is 16.4. The zero-order valence-corrected chi connectivity index (χ0v) is 27.2. The van der Waals surface area contributed by atoms with Gasteiger partial charge in [0.1, 0.15) is 30.0 Å². The summed E-state index contributed by atoms with van der Waals surface area (Å²) in [6.45, 7) is 12.9. The van der Waals surface area contributed by atoms with E-state index in [2.05, 4.69) is 6.92 Å². The number of fused-ring (bicyclic) bond motifs is 3. The Bertz CT molecular complexity index is 1170. The molecule has 242 valence electrons. The van der Waals surface area contributed by atoms with Gasteiger partial charge in [-0.1, -0.05) is 84.4 Å². The largest absolute Gasteiger partial charge is 0.458 e. The zero-order chi connectivity index (χ0) is 32.0. The lowest BCUT2D eigenvalue weighted by Crippen LogP contribution is -2.66. The second-order valence-corrected chi connectivity index (χ2v) is 14.3. The number of ether oxygens (including phenoxy) is 2. The lowest BCUT2D eigenvalue weighted by molar-refractivity contribution is -0.217. The summed E-state index contributed by atoms with van der Waals surface area (Å²) < 4.78 is 11.9. The maximum Gasteiger partial charge on any atom is 0.333 e. The van der Waals surface area contributed by atoms with Gasteiger partial charge in [0.05, 0.1) is 11.5 Å². The second kappa shape index (κ2) is 12.4. The number of esters is 2. The molecule has 0 aliphatic heterocycles. The minimum Gasteiger partial charge on any atom is -0.458 e. The molecule has 2 saturated carbocycles. The van der Waals surface area contributed by atoms with Gasteiger partial charge in [-0.05, 0) is 50.7 Å². The number of aliphatic hydroxyl groups is 4. The van der Waals surface area contributed by atoms with E-state index >= 15 is 0 Å². The highest BCUT2D eigenvalue weighted by Crippen LogP contribution is 2.76. The average molecular weight is 603 g/mol. The summed E-state index contributed by atoms with van der Waals surface area (Å²) in [5.74, 6) is -2.24. The van der Waals surface area contributed by atoms with Crippen molar-refractivity contribution in [2.75, 3.05) is 6.61 Å². The number of aliphatic hydroxyl groups excluding tert-OH is 3. The van der Waals surface area contributed by atoms with Gasteiger partial charge in [0, 0.05) is 29.2 Å². The van der Waals surface area contributed by atoms with E-state index in [-0.39, 0.29) is 24.1 Å². The number of hydrogen-bond donors (Lipinski definition) is 4. The predicted molar refractivity (Wildman–Crippen MR) is 164 cm³/mol. The summed E-state index contributed by atoms with van der Waals surface area (Å²) in [5, 5.41) is 47.7. The van der Waals surface area contributed by atoms with Gasteiger partial charge in [-0.15, -0.1) is 0 Å². The molecule has 2 bridgehead atoms. The Morgan fingerprint density at radius 3 is 2.30 bits per heavy atom. The molecule has 0 saturated heterocycles. The minimum absolute atomic E-state index is 0.216. The fraction of sp³-hybridized carbons (Fsp3) is 0.771. The number of rotatable bonds is 12. The second-order valence-electron chi connectivity index (χ2n) is 14.3. The van der Waals surface area contributed by atoms with Gasteiger partial charge < -0.3 is 29.9 Å². The smallest absolute Gasteiger partial charge is 0.333 e. The summed E-state index contributed by atoms with van der Waals surface area (Å²) in [6.07, 6.45) is 9.16. The van der Waals surface area contributed by atoms with Crippen LogP contribution in [0.2, 0.25) is 0 Å². The number of carbonyl (C=O) groups excluding carboxylic acids is 2. The van der Waals surface area contributed by atoms with Crippen molar-refractivity contribution in [2.24, 2.45) is 28.6 Å². The van der Waals surface area contributed by atoms with Crippen molar-refractivity contribution in [3.05, 3.63) is 34.9 Å². The first-order chi connectivity index (χ1) is 20.2. The predicted octanol–water partition coefficient (Wildman–Crippen LogP) is 4.93. The highest BCUT2D eigenvalue weighted by Gasteiger charge is 2.82. The van der Waals surface area contributed by atoms with Gasteiger partial charge in [-0.2, -0.15) is 0 Å². The van der Waals surface area contributed by atoms with Gasteiger partial charge in [0.15, 0.2) is 0 Å². The first kappa shape index (κ1) is 33.9. The fourth-order valence-electron chi connectivity index (χ4n) is 8.89. The summed E-state index contributed by atoms with van der Waals surface area (Å²) in [5.41, 5.74) is -3.92. The Kier molecular flexibility index (Phi) is 9.78. The molecular formula is C35H54O8. The topological polar surface area (TPSA) is 134 Å². The Morgan fingerprint density at radius 2 is 1.67 bits per heavy atom. The fourth-order valence-corrected chi connectivity index (χ4v) is 8.89. The van der Waals surface area contributed by atoms with Gasteiger partial charge in [-0.3, -0.25) is 4.79 Å². The maximum absolute atomic E-state index is 13.3. The number of unbranched alkanes of at least 4 members (excludes halogenated alkanes) is 6. The van der Waals surface area contributed by atoms with Crippen molar-refractivity contribution in [3.8, 4) is 0 Å². The van der Waals surface area contributed by atoms with Crippen molar-refractivity contribution < 1.29 is 39.5 Å². The first-order valence-corrected chi connectivity index (χ1v) is 16.4. The highest BCUT2D eigenvalue weighted by atomic mass is 16.6. The van der Waals surface area contributed by atoms with Crippen LogP contribution in [0.4, 0.5) is 0 Å². The van der Waals surface area contributed by atoms with Gasteiger partial charge >= 0.3 is 11.9 Å². The van der Waals surface area contributed by atoms with Crippen LogP contribution in [0.3, 0.4) is 0 Å². The molecule has 8 nitrogen and oxygen atoms in total.